The van der Waals surface area contributed by atoms with E-state index in [0.717, 1.165) is 112 Å². The predicted molar refractivity (Wildman–Crippen MR) is 334 cm³/mol. The zero-order chi connectivity index (χ0) is 52.9. The van der Waals surface area contributed by atoms with Gasteiger partial charge in [0.05, 0.1) is 22.1 Å². The van der Waals surface area contributed by atoms with Gasteiger partial charge in [-0.1, -0.05) is 243 Å². The summed E-state index contributed by atoms with van der Waals surface area (Å²) in [6, 6.07) is 109. The second kappa shape index (κ2) is 19.7. The lowest BCUT2D eigenvalue weighted by molar-refractivity contribution is 1.10. The molecule has 2 aromatic heterocycles. The summed E-state index contributed by atoms with van der Waals surface area (Å²) in [7, 11) is 0. The van der Waals surface area contributed by atoms with E-state index in [2.05, 4.69) is 312 Å². The van der Waals surface area contributed by atoms with Crippen molar-refractivity contribution in [2.75, 3.05) is 0 Å². The molecule has 15 aromatic rings. The van der Waals surface area contributed by atoms with E-state index in [1.165, 1.54) is 32.7 Å². The molecule has 0 N–H and O–H groups in total. The van der Waals surface area contributed by atoms with Crippen LogP contribution in [-0.4, -0.2) is 19.1 Å². The van der Waals surface area contributed by atoms with Crippen LogP contribution in [0, 0.1) is 0 Å². The van der Waals surface area contributed by atoms with Crippen LogP contribution in [0.1, 0.15) is 0 Å². The van der Waals surface area contributed by atoms with E-state index in [1.54, 1.807) is 0 Å². The second-order valence-corrected chi connectivity index (χ2v) is 20.5. The number of aromatic nitrogens is 4. The Balaban J connectivity index is 0.998. The maximum absolute atomic E-state index is 5.47. The van der Waals surface area contributed by atoms with Crippen molar-refractivity contribution in [1.29, 1.82) is 0 Å². The van der Waals surface area contributed by atoms with Gasteiger partial charge in [-0.15, -0.1) is 0 Å². The van der Waals surface area contributed by atoms with Gasteiger partial charge in [-0.2, -0.15) is 0 Å². The Kier molecular flexibility index (Phi) is 11.5. The lowest BCUT2D eigenvalue weighted by Crippen LogP contribution is -1.98. The lowest BCUT2D eigenvalue weighted by atomic mass is 9.83. The van der Waals surface area contributed by atoms with Gasteiger partial charge in [0.25, 0.3) is 0 Å². The number of hydrogen-bond donors (Lipinski definition) is 0. The van der Waals surface area contributed by atoms with Crippen molar-refractivity contribution in [2.45, 2.75) is 0 Å². The molecular formula is C76H50N4. The van der Waals surface area contributed by atoms with Crippen LogP contribution in [0.25, 0.3) is 145 Å². The van der Waals surface area contributed by atoms with Gasteiger partial charge < -0.3 is 0 Å². The smallest absolute Gasteiger partial charge is 0.145 e. The van der Waals surface area contributed by atoms with Crippen LogP contribution in [0.15, 0.2) is 303 Å². The summed E-state index contributed by atoms with van der Waals surface area (Å²) in [4.78, 5) is 10.9. The second-order valence-electron chi connectivity index (χ2n) is 20.5. The van der Waals surface area contributed by atoms with Gasteiger partial charge in [0, 0.05) is 22.5 Å². The molecule has 0 atom stereocenters. The molecule has 80 heavy (non-hydrogen) atoms. The standard InChI is InChI=1S/C76H50N4/c1-9-25-51(26-10-1)65-49-71-69(77-75(55-33-17-5-18-34-55)79(71)59-37-21-7-22-38-59)47-63(65)57-41-43-61-67(45-57)73(53-29-13-3-14-30-53)62-44-42-58(46-68(62)74(61)54-31-15-4-16-32-54)64-48-70-72(50-66(64)52-27-11-2-12-28-52)80(60-39-23-8-24-40-60)76(78-70)56-35-19-6-20-36-56/h1-50H. The summed E-state index contributed by atoms with van der Waals surface area (Å²) in [6.45, 7) is 0. The molecule has 15 rings (SSSR count). The van der Waals surface area contributed by atoms with Crippen LogP contribution < -0.4 is 0 Å². The number of hydrogen-bond acceptors (Lipinski definition) is 2. The number of fused-ring (bicyclic) bond motifs is 4. The van der Waals surface area contributed by atoms with Crippen LogP contribution in [-0.2, 0) is 0 Å². The Morgan fingerprint density at radius 1 is 0.212 bits per heavy atom. The van der Waals surface area contributed by atoms with E-state index in [9.17, 15) is 0 Å². The van der Waals surface area contributed by atoms with Crippen molar-refractivity contribution in [3.05, 3.63) is 303 Å². The van der Waals surface area contributed by atoms with Crippen molar-refractivity contribution in [2.24, 2.45) is 0 Å². The molecule has 0 bridgehead atoms. The van der Waals surface area contributed by atoms with E-state index in [-0.39, 0.29) is 0 Å². The molecule has 0 aliphatic rings. The number of nitrogens with zero attached hydrogens (tertiary/aromatic N) is 4. The number of para-hydroxylation sites is 2. The van der Waals surface area contributed by atoms with Crippen molar-refractivity contribution in [3.8, 4) is 101 Å². The number of rotatable bonds is 10. The van der Waals surface area contributed by atoms with Crippen molar-refractivity contribution in [3.63, 3.8) is 0 Å². The zero-order valence-electron chi connectivity index (χ0n) is 43.7. The average Bonchev–Trinajstić information content (AvgIpc) is 4.23. The minimum absolute atomic E-state index is 0.903. The first kappa shape index (κ1) is 46.6. The monoisotopic (exact) mass is 1020 g/mol. The molecule has 4 nitrogen and oxygen atoms in total. The Bertz CT molecular complexity index is 4440. The SMILES string of the molecule is c1ccc(-c2cc3c(cc2-c2ccc4c(-c5ccccc5)c5cc(-c6cc7nc(-c8ccccc8)n(-c8ccccc8)c7cc6-c6ccccc6)ccc5c(-c5ccccc5)c4c2)nc(-c2ccccc2)n3-c2ccccc2)cc1. The molecule has 0 fully saturated rings. The molecule has 4 heteroatoms. The summed E-state index contributed by atoms with van der Waals surface area (Å²) in [5, 5.41) is 4.72. The fraction of sp³-hybridized carbons (Fsp3) is 0. The summed E-state index contributed by atoms with van der Waals surface area (Å²) in [6.07, 6.45) is 0. The first-order valence-corrected chi connectivity index (χ1v) is 27.3. The average molecular weight is 1020 g/mol. The summed E-state index contributed by atoms with van der Waals surface area (Å²) in [5.74, 6) is 1.81. The Morgan fingerprint density at radius 3 is 0.838 bits per heavy atom. The minimum Gasteiger partial charge on any atom is -0.292 e. The highest BCUT2D eigenvalue weighted by Crippen LogP contribution is 2.49. The Hall–Kier alpha value is -10.7. The highest BCUT2D eigenvalue weighted by molar-refractivity contribution is 6.23. The molecule has 0 unspecified atom stereocenters. The van der Waals surface area contributed by atoms with Gasteiger partial charge in [0.1, 0.15) is 11.6 Å². The van der Waals surface area contributed by atoms with Crippen molar-refractivity contribution < 1.29 is 0 Å². The Labute approximate surface area is 464 Å². The fourth-order valence-corrected chi connectivity index (χ4v) is 12.1. The predicted octanol–water partition coefficient (Wildman–Crippen LogP) is 20.0. The van der Waals surface area contributed by atoms with Crippen molar-refractivity contribution in [1.82, 2.24) is 19.1 Å². The van der Waals surface area contributed by atoms with Gasteiger partial charge in [-0.25, -0.2) is 9.97 Å². The van der Waals surface area contributed by atoms with E-state index < -0.39 is 0 Å². The molecule has 374 valence electrons. The quantitative estimate of drug-likeness (QED) is 0.128. The van der Waals surface area contributed by atoms with E-state index >= 15 is 0 Å². The number of imidazole rings is 2. The molecule has 13 aromatic carbocycles. The highest BCUT2D eigenvalue weighted by atomic mass is 15.1. The van der Waals surface area contributed by atoms with Gasteiger partial charge in [-0.3, -0.25) is 9.13 Å². The molecule has 0 saturated heterocycles. The molecule has 2 heterocycles. The lowest BCUT2D eigenvalue weighted by Gasteiger charge is -2.21. The third-order valence-electron chi connectivity index (χ3n) is 15.7. The van der Waals surface area contributed by atoms with Gasteiger partial charge in [-0.05, 0) is 149 Å². The minimum atomic E-state index is 0.903. The maximum Gasteiger partial charge on any atom is 0.145 e. The summed E-state index contributed by atoms with van der Waals surface area (Å²) < 4.78 is 4.61. The van der Waals surface area contributed by atoms with E-state index in [4.69, 9.17) is 9.97 Å². The summed E-state index contributed by atoms with van der Waals surface area (Å²) >= 11 is 0. The highest BCUT2D eigenvalue weighted by Gasteiger charge is 2.24. The molecular weight excluding hydrogens is 969 g/mol. The van der Waals surface area contributed by atoms with Gasteiger partial charge in [0.2, 0.25) is 0 Å². The maximum atomic E-state index is 5.47. The molecule has 0 spiro atoms. The van der Waals surface area contributed by atoms with Crippen LogP contribution in [0.2, 0.25) is 0 Å². The topological polar surface area (TPSA) is 35.6 Å². The van der Waals surface area contributed by atoms with Crippen LogP contribution >= 0.6 is 0 Å². The first-order valence-electron chi connectivity index (χ1n) is 27.3. The number of benzene rings is 13. The fourth-order valence-electron chi connectivity index (χ4n) is 12.1. The van der Waals surface area contributed by atoms with Crippen molar-refractivity contribution >= 4 is 43.6 Å². The van der Waals surface area contributed by atoms with Gasteiger partial charge in [0.15, 0.2) is 0 Å². The molecule has 0 amide bonds. The van der Waals surface area contributed by atoms with Crippen LogP contribution in [0.4, 0.5) is 0 Å². The normalized spacial score (nSPS) is 11.5. The third-order valence-corrected chi connectivity index (χ3v) is 15.7. The molecule has 0 aliphatic heterocycles. The summed E-state index contributed by atoms with van der Waals surface area (Å²) in [5.41, 5.74) is 21.9. The first-order chi connectivity index (χ1) is 39.7. The molecule has 0 aliphatic carbocycles. The van der Waals surface area contributed by atoms with Crippen LogP contribution in [0.3, 0.4) is 0 Å². The van der Waals surface area contributed by atoms with E-state index in [1.807, 2.05) is 0 Å². The third kappa shape index (κ3) is 8.09. The Morgan fingerprint density at radius 2 is 0.500 bits per heavy atom. The van der Waals surface area contributed by atoms with Gasteiger partial charge >= 0.3 is 0 Å². The van der Waals surface area contributed by atoms with Crippen LogP contribution in [0.5, 0.6) is 0 Å². The largest absolute Gasteiger partial charge is 0.292 e. The van der Waals surface area contributed by atoms with E-state index in [0.29, 0.717) is 0 Å². The molecule has 0 radical (unpaired) electrons. The molecule has 0 saturated carbocycles. The zero-order valence-corrected chi connectivity index (χ0v) is 43.7.